The lowest BCUT2D eigenvalue weighted by Gasteiger charge is -2.15. The molecule has 2 N–H and O–H groups in total. The maximum absolute atomic E-state index is 13.2. The van der Waals surface area contributed by atoms with E-state index in [1.165, 1.54) is 18.2 Å². The van der Waals surface area contributed by atoms with Crippen LogP contribution in [0.3, 0.4) is 0 Å². The van der Waals surface area contributed by atoms with Crippen molar-refractivity contribution >= 4 is 33.2 Å². The van der Waals surface area contributed by atoms with Gasteiger partial charge in [0.05, 0.1) is 16.8 Å². The lowest BCUT2D eigenvalue weighted by atomic mass is 10.2. The van der Waals surface area contributed by atoms with E-state index in [4.69, 9.17) is 16.3 Å². The van der Waals surface area contributed by atoms with Crippen LogP contribution in [0.2, 0.25) is 5.02 Å². The van der Waals surface area contributed by atoms with Crippen molar-refractivity contribution in [2.24, 2.45) is 0 Å². The second kappa shape index (κ2) is 7.00. The molecule has 0 aliphatic rings. The molecule has 0 aliphatic heterocycles. The van der Waals surface area contributed by atoms with Gasteiger partial charge in [0, 0.05) is 17.1 Å². The van der Waals surface area contributed by atoms with Crippen LogP contribution in [-0.2, 0) is 6.54 Å². The van der Waals surface area contributed by atoms with Gasteiger partial charge in [0.25, 0.3) is 0 Å². The summed E-state index contributed by atoms with van der Waals surface area (Å²) in [5.74, 6) is 0.252. The van der Waals surface area contributed by atoms with Crippen LogP contribution in [-0.4, -0.2) is 11.7 Å². The first kappa shape index (κ1) is 15.9. The van der Waals surface area contributed by atoms with Gasteiger partial charge in [0.2, 0.25) is 0 Å². The van der Waals surface area contributed by atoms with E-state index in [1.54, 1.807) is 12.1 Å². The number of halogens is 3. The SMILES string of the molecule is CCOc1c(Br)cc(Cl)cc1NCc1cc(F)ccc1O. The van der Waals surface area contributed by atoms with Gasteiger partial charge in [-0.2, -0.15) is 0 Å². The predicted molar refractivity (Wildman–Crippen MR) is 85.7 cm³/mol. The normalized spacial score (nSPS) is 10.5. The molecule has 0 atom stereocenters. The van der Waals surface area contributed by atoms with Crippen LogP contribution in [0.5, 0.6) is 11.5 Å². The van der Waals surface area contributed by atoms with E-state index in [9.17, 15) is 9.50 Å². The summed E-state index contributed by atoms with van der Waals surface area (Å²) in [5, 5.41) is 13.4. The molecule has 2 aromatic rings. The number of phenolic OH excluding ortho intramolecular Hbond substituents is 1. The average molecular weight is 375 g/mol. The standard InChI is InChI=1S/C15H14BrClFNO2/c1-2-21-15-12(16)6-10(17)7-13(15)19-8-9-5-11(18)3-4-14(9)20/h3-7,19-20H,2,8H2,1H3. The third-order valence-corrected chi connectivity index (χ3v) is 3.62. The average Bonchev–Trinajstić information content (AvgIpc) is 2.43. The van der Waals surface area contributed by atoms with Crippen LogP contribution in [0.25, 0.3) is 0 Å². The highest BCUT2D eigenvalue weighted by Gasteiger charge is 2.11. The summed E-state index contributed by atoms with van der Waals surface area (Å²) in [6.45, 7) is 2.62. The summed E-state index contributed by atoms with van der Waals surface area (Å²) in [5.41, 5.74) is 1.12. The van der Waals surface area contributed by atoms with Gasteiger partial charge < -0.3 is 15.2 Å². The van der Waals surface area contributed by atoms with Gasteiger partial charge in [0.1, 0.15) is 11.6 Å². The first-order valence-corrected chi connectivity index (χ1v) is 7.51. The van der Waals surface area contributed by atoms with E-state index in [-0.39, 0.29) is 12.3 Å². The minimum atomic E-state index is -0.401. The van der Waals surface area contributed by atoms with E-state index in [0.29, 0.717) is 28.6 Å². The largest absolute Gasteiger partial charge is 0.508 e. The van der Waals surface area contributed by atoms with Gasteiger partial charge in [-0.1, -0.05) is 11.6 Å². The number of ether oxygens (including phenoxy) is 1. The molecular formula is C15H14BrClFNO2. The van der Waals surface area contributed by atoms with Gasteiger partial charge in [-0.3, -0.25) is 0 Å². The molecule has 3 nitrogen and oxygen atoms in total. The van der Waals surface area contributed by atoms with E-state index >= 15 is 0 Å². The Bertz CT molecular complexity index is 652. The Morgan fingerprint density at radius 1 is 1.33 bits per heavy atom. The Hall–Kier alpha value is -1.46. The van der Waals surface area contributed by atoms with Gasteiger partial charge in [-0.15, -0.1) is 0 Å². The van der Waals surface area contributed by atoms with Crippen LogP contribution in [0, 0.1) is 5.82 Å². The summed E-state index contributed by atoms with van der Waals surface area (Å²) >= 11 is 9.42. The lowest BCUT2D eigenvalue weighted by molar-refractivity contribution is 0.339. The smallest absolute Gasteiger partial charge is 0.156 e. The number of hydrogen-bond donors (Lipinski definition) is 2. The molecule has 0 aliphatic carbocycles. The van der Waals surface area contributed by atoms with Crippen LogP contribution >= 0.6 is 27.5 Å². The van der Waals surface area contributed by atoms with Gasteiger partial charge in [-0.05, 0) is 53.2 Å². The summed E-state index contributed by atoms with van der Waals surface area (Å²) in [6, 6.07) is 7.26. The van der Waals surface area contributed by atoms with Crippen molar-refractivity contribution in [3.63, 3.8) is 0 Å². The molecule has 0 aromatic heterocycles. The number of rotatable bonds is 5. The molecule has 21 heavy (non-hydrogen) atoms. The van der Waals surface area contributed by atoms with Crippen molar-refractivity contribution in [1.82, 2.24) is 0 Å². The molecule has 112 valence electrons. The minimum absolute atomic E-state index is 0.0305. The fourth-order valence-electron chi connectivity index (χ4n) is 1.87. The molecule has 0 saturated carbocycles. The Morgan fingerprint density at radius 3 is 2.81 bits per heavy atom. The quantitative estimate of drug-likeness (QED) is 0.777. The summed E-state index contributed by atoms with van der Waals surface area (Å²) < 4.78 is 19.5. The molecule has 0 radical (unpaired) electrons. The summed E-state index contributed by atoms with van der Waals surface area (Å²) in [6.07, 6.45) is 0. The van der Waals surface area contributed by atoms with E-state index in [0.717, 1.165) is 4.47 Å². The Morgan fingerprint density at radius 2 is 2.10 bits per heavy atom. The third-order valence-electron chi connectivity index (χ3n) is 2.81. The zero-order valence-electron chi connectivity index (χ0n) is 11.3. The second-order valence-corrected chi connectivity index (χ2v) is 5.61. The van der Waals surface area contributed by atoms with Gasteiger partial charge >= 0.3 is 0 Å². The van der Waals surface area contributed by atoms with Gasteiger partial charge in [-0.25, -0.2) is 4.39 Å². The molecular weight excluding hydrogens is 361 g/mol. The molecule has 0 heterocycles. The number of nitrogens with one attached hydrogen (secondary N) is 1. The van der Waals surface area contributed by atoms with Crippen LogP contribution in [0.15, 0.2) is 34.8 Å². The highest BCUT2D eigenvalue weighted by Crippen LogP contribution is 2.37. The van der Waals surface area contributed by atoms with E-state index in [1.807, 2.05) is 6.92 Å². The van der Waals surface area contributed by atoms with Crippen molar-refractivity contribution in [3.05, 3.63) is 51.2 Å². The molecule has 0 bridgehead atoms. The van der Waals surface area contributed by atoms with Crippen LogP contribution in [0.4, 0.5) is 10.1 Å². The molecule has 2 rings (SSSR count). The fourth-order valence-corrected chi connectivity index (χ4v) is 2.79. The van der Waals surface area contributed by atoms with Crippen LogP contribution in [0.1, 0.15) is 12.5 Å². The molecule has 6 heteroatoms. The van der Waals surface area contributed by atoms with Gasteiger partial charge in [0.15, 0.2) is 5.75 Å². The second-order valence-electron chi connectivity index (χ2n) is 4.32. The molecule has 0 fully saturated rings. The lowest BCUT2D eigenvalue weighted by Crippen LogP contribution is -2.04. The van der Waals surface area contributed by atoms with Crippen molar-refractivity contribution in [2.45, 2.75) is 13.5 Å². The Balaban J connectivity index is 2.25. The third kappa shape index (κ3) is 4.02. The number of anilines is 1. The zero-order valence-corrected chi connectivity index (χ0v) is 13.6. The van der Waals surface area contributed by atoms with Crippen LogP contribution < -0.4 is 10.1 Å². The predicted octanol–water partition coefficient (Wildman–Crippen LogP) is 4.96. The molecule has 2 aromatic carbocycles. The Labute approximate surface area is 135 Å². The molecule has 0 saturated heterocycles. The minimum Gasteiger partial charge on any atom is -0.508 e. The summed E-state index contributed by atoms with van der Waals surface area (Å²) in [7, 11) is 0. The van der Waals surface area contributed by atoms with Crippen molar-refractivity contribution in [2.75, 3.05) is 11.9 Å². The number of phenols is 1. The number of hydrogen-bond acceptors (Lipinski definition) is 3. The van der Waals surface area contributed by atoms with Crippen molar-refractivity contribution in [1.29, 1.82) is 0 Å². The maximum Gasteiger partial charge on any atom is 0.156 e. The van der Waals surface area contributed by atoms with E-state index < -0.39 is 5.82 Å². The first-order valence-electron chi connectivity index (χ1n) is 6.34. The first-order chi connectivity index (χ1) is 10.0. The van der Waals surface area contributed by atoms with Crippen molar-refractivity contribution < 1.29 is 14.2 Å². The molecule has 0 unspecified atom stereocenters. The van der Waals surface area contributed by atoms with Crippen molar-refractivity contribution in [3.8, 4) is 11.5 Å². The highest BCUT2D eigenvalue weighted by molar-refractivity contribution is 9.10. The summed E-state index contributed by atoms with van der Waals surface area (Å²) in [4.78, 5) is 0. The topological polar surface area (TPSA) is 41.5 Å². The highest BCUT2D eigenvalue weighted by atomic mass is 79.9. The maximum atomic E-state index is 13.2. The zero-order chi connectivity index (χ0) is 15.4. The Kier molecular flexibility index (Phi) is 5.31. The fraction of sp³-hybridized carbons (Fsp3) is 0.200. The monoisotopic (exact) mass is 373 g/mol. The number of aromatic hydroxyl groups is 1. The molecule has 0 amide bonds. The number of benzene rings is 2. The molecule has 0 spiro atoms. The van der Waals surface area contributed by atoms with E-state index in [2.05, 4.69) is 21.2 Å².